The van der Waals surface area contributed by atoms with Crippen LogP contribution in [-0.2, 0) is 20.8 Å². The summed E-state index contributed by atoms with van der Waals surface area (Å²) in [4.78, 5) is 40.4. The van der Waals surface area contributed by atoms with E-state index in [1.807, 2.05) is 45.0 Å². The molecule has 1 saturated heterocycles. The van der Waals surface area contributed by atoms with Gasteiger partial charge in [-0.05, 0) is 48.6 Å². The standard InChI is InChI=1S/C25H36F2N4O3/c1-25(2,3)21(28)24(34)31-13-7-12-19(31)23(33)30-18(14-20(26)27)22(32)29-17-11-6-9-15-8-4-5-10-16(15)17/h4-5,8,10,17-21H,6-7,9,11-14,28H2,1-3H3,(H,29,32)(H,30,33)/t17?,18-,19-,21+/m0/s1. The molecule has 7 nitrogen and oxygen atoms in total. The number of benzene rings is 1. The third-order valence-electron chi connectivity index (χ3n) is 6.77. The monoisotopic (exact) mass is 478 g/mol. The molecule has 1 aliphatic carbocycles. The molecule has 0 bridgehead atoms. The lowest BCUT2D eigenvalue weighted by atomic mass is 9.86. The summed E-state index contributed by atoms with van der Waals surface area (Å²) < 4.78 is 26.6. The van der Waals surface area contributed by atoms with Crippen molar-refractivity contribution >= 4 is 17.7 Å². The molecule has 1 aromatic carbocycles. The first-order chi connectivity index (χ1) is 16.0. The number of fused-ring (bicyclic) bond motifs is 1. The van der Waals surface area contributed by atoms with Crippen LogP contribution in [0.2, 0.25) is 0 Å². The highest BCUT2D eigenvalue weighted by atomic mass is 19.3. The molecule has 188 valence electrons. The molecule has 1 fully saturated rings. The van der Waals surface area contributed by atoms with Crippen molar-refractivity contribution in [3.63, 3.8) is 0 Å². The number of nitrogens with two attached hydrogens (primary N) is 1. The molecule has 1 unspecified atom stereocenters. The molecule has 0 radical (unpaired) electrons. The van der Waals surface area contributed by atoms with Crippen LogP contribution in [0, 0.1) is 5.41 Å². The highest BCUT2D eigenvalue weighted by molar-refractivity contribution is 5.93. The van der Waals surface area contributed by atoms with Gasteiger partial charge < -0.3 is 21.3 Å². The number of alkyl halides is 2. The molecule has 4 N–H and O–H groups in total. The number of likely N-dealkylation sites (tertiary alicyclic amines) is 1. The van der Waals surface area contributed by atoms with Crippen molar-refractivity contribution in [2.45, 2.75) is 89.9 Å². The molecule has 3 amide bonds. The number of hydrogen-bond donors (Lipinski definition) is 3. The zero-order valence-corrected chi connectivity index (χ0v) is 20.2. The van der Waals surface area contributed by atoms with Crippen LogP contribution < -0.4 is 16.4 Å². The minimum atomic E-state index is -2.77. The normalized spacial score (nSPS) is 22.1. The third kappa shape index (κ3) is 6.11. The van der Waals surface area contributed by atoms with Gasteiger partial charge in [0, 0.05) is 13.0 Å². The Morgan fingerprint density at radius 3 is 2.53 bits per heavy atom. The van der Waals surface area contributed by atoms with E-state index < -0.39 is 48.2 Å². The Morgan fingerprint density at radius 2 is 1.85 bits per heavy atom. The molecule has 1 heterocycles. The molecule has 34 heavy (non-hydrogen) atoms. The van der Waals surface area contributed by atoms with Gasteiger partial charge in [0.1, 0.15) is 12.1 Å². The molecule has 2 aliphatic rings. The van der Waals surface area contributed by atoms with Crippen LogP contribution in [0.1, 0.15) is 70.0 Å². The summed E-state index contributed by atoms with van der Waals surface area (Å²) >= 11 is 0. The van der Waals surface area contributed by atoms with Crippen LogP contribution in [0.5, 0.6) is 0 Å². The van der Waals surface area contributed by atoms with Crippen molar-refractivity contribution < 1.29 is 23.2 Å². The van der Waals surface area contributed by atoms with Gasteiger partial charge >= 0.3 is 0 Å². The predicted octanol–water partition coefficient (Wildman–Crippen LogP) is 2.68. The first kappa shape index (κ1) is 26.1. The lowest BCUT2D eigenvalue weighted by Crippen LogP contribution is -2.57. The first-order valence-corrected chi connectivity index (χ1v) is 12.0. The van der Waals surface area contributed by atoms with Gasteiger partial charge in [0.15, 0.2) is 0 Å². The first-order valence-electron chi connectivity index (χ1n) is 12.0. The number of halogens is 2. The molecule has 9 heteroatoms. The Labute approximate surface area is 199 Å². The smallest absolute Gasteiger partial charge is 0.243 e. The summed E-state index contributed by atoms with van der Waals surface area (Å²) in [5.41, 5.74) is 7.73. The van der Waals surface area contributed by atoms with Crippen molar-refractivity contribution in [3.05, 3.63) is 35.4 Å². The van der Waals surface area contributed by atoms with Gasteiger partial charge in [0.2, 0.25) is 24.1 Å². The van der Waals surface area contributed by atoms with E-state index in [0.29, 0.717) is 25.8 Å². The fourth-order valence-electron chi connectivity index (χ4n) is 4.71. The predicted molar refractivity (Wildman–Crippen MR) is 125 cm³/mol. The minimum absolute atomic E-state index is 0.288. The molecule has 1 aromatic rings. The lowest BCUT2D eigenvalue weighted by molar-refractivity contribution is -0.142. The van der Waals surface area contributed by atoms with E-state index in [4.69, 9.17) is 5.73 Å². The van der Waals surface area contributed by atoms with Crippen molar-refractivity contribution in [2.24, 2.45) is 11.1 Å². The number of hydrogen-bond acceptors (Lipinski definition) is 4. The zero-order valence-electron chi connectivity index (χ0n) is 20.2. The van der Waals surface area contributed by atoms with Crippen LogP contribution in [0.4, 0.5) is 8.78 Å². The fourth-order valence-corrected chi connectivity index (χ4v) is 4.71. The number of nitrogens with zero attached hydrogens (tertiary/aromatic N) is 1. The van der Waals surface area contributed by atoms with E-state index in [1.54, 1.807) is 0 Å². The van der Waals surface area contributed by atoms with Gasteiger partial charge in [0.05, 0.1) is 12.1 Å². The maximum atomic E-state index is 13.3. The Morgan fingerprint density at radius 1 is 1.15 bits per heavy atom. The molecule has 0 aromatic heterocycles. The molecule has 1 aliphatic heterocycles. The maximum absolute atomic E-state index is 13.3. The van der Waals surface area contributed by atoms with Crippen LogP contribution >= 0.6 is 0 Å². The van der Waals surface area contributed by atoms with Crippen molar-refractivity contribution in [1.29, 1.82) is 0 Å². The third-order valence-corrected chi connectivity index (χ3v) is 6.77. The summed E-state index contributed by atoms with van der Waals surface area (Å²) in [6, 6.07) is 4.44. The Bertz CT molecular complexity index is 902. The Kier molecular flexibility index (Phi) is 8.28. The van der Waals surface area contributed by atoms with Gasteiger partial charge in [-0.3, -0.25) is 14.4 Å². The number of nitrogens with one attached hydrogen (secondary N) is 2. The van der Waals surface area contributed by atoms with Crippen LogP contribution in [0.25, 0.3) is 0 Å². The van der Waals surface area contributed by atoms with Gasteiger partial charge in [-0.15, -0.1) is 0 Å². The summed E-state index contributed by atoms with van der Waals surface area (Å²) in [5, 5.41) is 5.36. The second-order valence-corrected chi connectivity index (χ2v) is 10.4. The van der Waals surface area contributed by atoms with Gasteiger partial charge in [-0.1, -0.05) is 45.0 Å². The summed E-state index contributed by atoms with van der Waals surface area (Å²) in [7, 11) is 0. The second kappa shape index (κ2) is 10.8. The molecular weight excluding hydrogens is 442 g/mol. The van der Waals surface area contributed by atoms with E-state index in [2.05, 4.69) is 10.6 Å². The molecule has 4 atom stereocenters. The number of aryl methyl sites for hydroxylation is 1. The average molecular weight is 479 g/mol. The Balaban J connectivity index is 1.70. The Hall–Kier alpha value is -2.55. The maximum Gasteiger partial charge on any atom is 0.243 e. The average Bonchev–Trinajstić information content (AvgIpc) is 3.27. The van der Waals surface area contributed by atoms with Crippen molar-refractivity contribution in [3.8, 4) is 0 Å². The number of carbonyl (C=O) groups is 3. The van der Waals surface area contributed by atoms with Crippen molar-refractivity contribution in [1.82, 2.24) is 15.5 Å². The van der Waals surface area contributed by atoms with E-state index in [-0.39, 0.29) is 11.9 Å². The fraction of sp³-hybridized carbons (Fsp3) is 0.640. The van der Waals surface area contributed by atoms with E-state index in [9.17, 15) is 23.2 Å². The van der Waals surface area contributed by atoms with Crippen LogP contribution in [0.3, 0.4) is 0 Å². The quantitative estimate of drug-likeness (QED) is 0.560. The lowest BCUT2D eigenvalue weighted by Gasteiger charge is -2.33. The van der Waals surface area contributed by atoms with Gasteiger partial charge in [0.25, 0.3) is 0 Å². The van der Waals surface area contributed by atoms with E-state index in [0.717, 1.165) is 24.0 Å². The topological polar surface area (TPSA) is 105 Å². The highest BCUT2D eigenvalue weighted by Gasteiger charge is 2.40. The molecule has 0 spiro atoms. The second-order valence-electron chi connectivity index (χ2n) is 10.4. The largest absolute Gasteiger partial charge is 0.348 e. The van der Waals surface area contributed by atoms with E-state index in [1.165, 1.54) is 4.90 Å². The summed E-state index contributed by atoms with van der Waals surface area (Å²) in [6.07, 6.45) is -0.0888. The van der Waals surface area contributed by atoms with Crippen molar-refractivity contribution in [2.75, 3.05) is 6.54 Å². The van der Waals surface area contributed by atoms with Crippen LogP contribution in [-0.4, -0.2) is 53.7 Å². The zero-order chi connectivity index (χ0) is 25.0. The summed E-state index contributed by atoms with van der Waals surface area (Å²) in [5.74, 6) is -1.59. The summed E-state index contributed by atoms with van der Waals surface area (Å²) in [6.45, 7) is 5.89. The minimum Gasteiger partial charge on any atom is -0.348 e. The number of carbonyl (C=O) groups excluding carboxylic acids is 3. The van der Waals surface area contributed by atoms with Crippen LogP contribution in [0.15, 0.2) is 24.3 Å². The molecular formula is C25H36F2N4O3. The molecule has 0 saturated carbocycles. The van der Waals surface area contributed by atoms with Gasteiger partial charge in [-0.2, -0.15) is 0 Å². The highest BCUT2D eigenvalue weighted by Crippen LogP contribution is 2.30. The molecule has 3 rings (SSSR count). The SMILES string of the molecule is CC(C)(C)[C@H](N)C(=O)N1CCC[C@H]1C(=O)N[C@@H](CC(F)F)C(=O)NC1CCCc2ccccc21. The number of amides is 3. The van der Waals surface area contributed by atoms with E-state index >= 15 is 0 Å². The number of rotatable bonds is 7. The van der Waals surface area contributed by atoms with Gasteiger partial charge in [-0.25, -0.2) is 8.78 Å².